The summed E-state index contributed by atoms with van der Waals surface area (Å²) in [7, 11) is 1.67. The fourth-order valence-corrected chi connectivity index (χ4v) is 3.68. The van der Waals surface area contributed by atoms with Gasteiger partial charge in [0.05, 0.1) is 7.11 Å². The highest BCUT2D eigenvalue weighted by Crippen LogP contribution is 2.31. The van der Waals surface area contributed by atoms with Crippen LogP contribution in [-0.2, 0) is 4.79 Å². The Hall–Kier alpha value is -2.22. The van der Waals surface area contributed by atoms with Crippen molar-refractivity contribution in [2.24, 2.45) is 11.8 Å². The molecule has 2 heterocycles. The van der Waals surface area contributed by atoms with Gasteiger partial charge in [-0.2, -0.15) is 5.26 Å². The number of likely N-dealkylation sites (tertiary alicyclic amines) is 2. The molecule has 1 amide bonds. The topological polar surface area (TPSA) is 56.6 Å². The van der Waals surface area contributed by atoms with E-state index < -0.39 is 0 Å². The lowest BCUT2D eigenvalue weighted by atomic mass is 9.87. The van der Waals surface area contributed by atoms with E-state index in [1.54, 1.807) is 12.0 Å². The van der Waals surface area contributed by atoms with Crippen molar-refractivity contribution >= 4 is 5.91 Å². The molecule has 0 spiro atoms. The van der Waals surface area contributed by atoms with Crippen LogP contribution in [0.25, 0.3) is 0 Å². The van der Waals surface area contributed by atoms with E-state index in [0.29, 0.717) is 24.2 Å². The number of methoxy groups -OCH3 is 1. The van der Waals surface area contributed by atoms with Crippen LogP contribution in [0.3, 0.4) is 0 Å². The standard InChI is InChI=1S/C19H25N3O2/c1-14(16-7-8-21(10-16)13-20)9-19(23)22-11-17(12-22)15-3-5-18(24-2)6-4-15/h3-6,14,16-17H,7-12H2,1-2H3. The number of ether oxygens (including phenoxy) is 1. The summed E-state index contributed by atoms with van der Waals surface area (Å²) in [6.07, 6.45) is 3.83. The molecule has 2 aliphatic rings. The molecule has 5 heteroatoms. The average molecular weight is 327 g/mol. The molecule has 1 aromatic carbocycles. The molecule has 0 saturated carbocycles. The third-order valence-electron chi connectivity index (χ3n) is 5.49. The molecule has 2 atom stereocenters. The second-order valence-electron chi connectivity index (χ2n) is 7.04. The molecule has 0 aliphatic carbocycles. The Balaban J connectivity index is 1.45. The Morgan fingerprint density at radius 2 is 2.04 bits per heavy atom. The minimum Gasteiger partial charge on any atom is -0.497 e. The van der Waals surface area contributed by atoms with Gasteiger partial charge in [-0.3, -0.25) is 4.79 Å². The smallest absolute Gasteiger partial charge is 0.222 e. The molecule has 2 fully saturated rings. The molecule has 2 aliphatic heterocycles. The highest BCUT2D eigenvalue weighted by molar-refractivity contribution is 5.77. The van der Waals surface area contributed by atoms with Gasteiger partial charge in [0.2, 0.25) is 5.91 Å². The maximum Gasteiger partial charge on any atom is 0.222 e. The van der Waals surface area contributed by atoms with Crippen molar-refractivity contribution in [2.75, 3.05) is 33.3 Å². The molecular formula is C19H25N3O2. The van der Waals surface area contributed by atoms with Crippen LogP contribution < -0.4 is 4.74 Å². The highest BCUT2D eigenvalue weighted by atomic mass is 16.5. The zero-order valence-electron chi connectivity index (χ0n) is 14.4. The number of nitrogens with zero attached hydrogens (tertiary/aromatic N) is 3. The predicted octanol–water partition coefficient (Wildman–Crippen LogP) is 2.45. The quantitative estimate of drug-likeness (QED) is 0.780. The molecule has 0 bridgehead atoms. The van der Waals surface area contributed by atoms with Crippen molar-refractivity contribution < 1.29 is 9.53 Å². The number of nitriles is 1. The average Bonchev–Trinajstić information content (AvgIpc) is 3.03. The minimum atomic E-state index is 0.252. The molecule has 2 saturated heterocycles. The summed E-state index contributed by atoms with van der Waals surface area (Å²) in [5.74, 6) is 2.37. The minimum absolute atomic E-state index is 0.252. The summed E-state index contributed by atoms with van der Waals surface area (Å²) in [6.45, 7) is 5.41. The van der Waals surface area contributed by atoms with Crippen LogP contribution in [0.1, 0.15) is 31.2 Å². The SMILES string of the molecule is COc1ccc(C2CN(C(=O)CC(C)C3CCN(C#N)C3)C2)cc1. The van der Waals surface area contributed by atoms with Crippen LogP contribution in [0.4, 0.5) is 0 Å². The number of benzene rings is 1. The van der Waals surface area contributed by atoms with Gasteiger partial charge in [0.25, 0.3) is 0 Å². The lowest BCUT2D eigenvalue weighted by molar-refractivity contribution is -0.136. The van der Waals surface area contributed by atoms with Crippen LogP contribution in [0.2, 0.25) is 0 Å². The van der Waals surface area contributed by atoms with E-state index in [9.17, 15) is 4.79 Å². The normalized spacial score (nSPS) is 22.0. The third kappa shape index (κ3) is 3.48. The Bertz CT molecular complexity index is 616. The maximum atomic E-state index is 12.4. The van der Waals surface area contributed by atoms with Gasteiger partial charge in [-0.05, 0) is 36.0 Å². The fourth-order valence-electron chi connectivity index (χ4n) is 3.68. The molecule has 2 unspecified atom stereocenters. The Morgan fingerprint density at radius 1 is 1.33 bits per heavy atom. The highest BCUT2D eigenvalue weighted by Gasteiger charge is 2.34. The number of amides is 1. The van der Waals surface area contributed by atoms with Crippen molar-refractivity contribution in [2.45, 2.75) is 25.7 Å². The molecule has 24 heavy (non-hydrogen) atoms. The first-order valence-corrected chi connectivity index (χ1v) is 8.67. The van der Waals surface area contributed by atoms with E-state index in [1.807, 2.05) is 17.0 Å². The zero-order valence-corrected chi connectivity index (χ0v) is 14.4. The van der Waals surface area contributed by atoms with E-state index in [-0.39, 0.29) is 5.91 Å². The second-order valence-corrected chi connectivity index (χ2v) is 7.04. The Labute approximate surface area is 143 Å². The van der Waals surface area contributed by atoms with Crippen LogP contribution in [0, 0.1) is 23.3 Å². The number of hydrogen-bond acceptors (Lipinski definition) is 4. The van der Waals surface area contributed by atoms with E-state index in [4.69, 9.17) is 10.00 Å². The monoisotopic (exact) mass is 327 g/mol. The third-order valence-corrected chi connectivity index (χ3v) is 5.49. The van der Waals surface area contributed by atoms with E-state index in [0.717, 1.165) is 38.3 Å². The lowest BCUT2D eigenvalue weighted by Gasteiger charge is -2.40. The van der Waals surface area contributed by atoms with Crippen molar-refractivity contribution in [3.05, 3.63) is 29.8 Å². The van der Waals surface area contributed by atoms with Gasteiger partial charge in [0.15, 0.2) is 6.19 Å². The van der Waals surface area contributed by atoms with Gasteiger partial charge in [-0.1, -0.05) is 19.1 Å². The second kappa shape index (κ2) is 7.12. The summed E-state index contributed by atoms with van der Waals surface area (Å²) >= 11 is 0. The van der Waals surface area contributed by atoms with E-state index in [1.165, 1.54) is 5.56 Å². The van der Waals surface area contributed by atoms with Gasteiger partial charge in [0, 0.05) is 38.5 Å². The molecule has 0 N–H and O–H groups in total. The van der Waals surface area contributed by atoms with Gasteiger partial charge in [-0.15, -0.1) is 0 Å². The van der Waals surface area contributed by atoms with E-state index in [2.05, 4.69) is 25.2 Å². The first kappa shape index (κ1) is 16.6. The molecule has 128 valence electrons. The molecule has 0 radical (unpaired) electrons. The number of rotatable bonds is 5. The first-order chi connectivity index (χ1) is 11.6. The molecule has 0 aromatic heterocycles. The number of hydrogen-bond donors (Lipinski definition) is 0. The van der Waals surface area contributed by atoms with Crippen LogP contribution in [-0.4, -0.2) is 49.0 Å². The van der Waals surface area contributed by atoms with Crippen molar-refractivity contribution in [1.29, 1.82) is 5.26 Å². The lowest BCUT2D eigenvalue weighted by Crippen LogP contribution is -2.49. The summed E-state index contributed by atoms with van der Waals surface area (Å²) < 4.78 is 5.18. The van der Waals surface area contributed by atoms with Gasteiger partial charge >= 0.3 is 0 Å². The van der Waals surface area contributed by atoms with Crippen LogP contribution >= 0.6 is 0 Å². The van der Waals surface area contributed by atoms with E-state index >= 15 is 0 Å². The van der Waals surface area contributed by atoms with Gasteiger partial charge in [0.1, 0.15) is 5.75 Å². The number of carbonyl (C=O) groups is 1. The fraction of sp³-hybridized carbons (Fsp3) is 0.579. The summed E-state index contributed by atoms with van der Waals surface area (Å²) in [5, 5.41) is 8.95. The predicted molar refractivity (Wildman–Crippen MR) is 91.4 cm³/mol. The maximum absolute atomic E-state index is 12.4. The van der Waals surface area contributed by atoms with Crippen LogP contribution in [0.15, 0.2) is 24.3 Å². The summed E-state index contributed by atoms with van der Waals surface area (Å²) in [5.41, 5.74) is 1.27. The van der Waals surface area contributed by atoms with Crippen molar-refractivity contribution in [3.63, 3.8) is 0 Å². The van der Waals surface area contributed by atoms with Gasteiger partial charge < -0.3 is 14.5 Å². The zero-order chi connectivity index (χ0) is 17.1. The molecular weight excluding hydrogens is 302 g/mol. The number of carbonyl (C=O) groups excluding carboxylic acids is 1. The Morgan fingerprint density at radius 3 is 2.62 bits per heavy atom. The molecule has 1 aromatic rings. The van der Waals surface area contributed by atoms with Gasteiger partial charge in [-0.25, -0.2) is 0 Å². The van der Waals surface area contributed by atoms with Crippen molar-refractivity contribution in [1.82, 2.24) is 9.80 Å². The van der Waals surface area contributed by atoms with Crippen LogP contribution in [0.5, 0.6) is 5.75 Å². The Kier molecular flexibility index (Phi) is 4.94. The largest absolute Gasteiger partial charge is 0.497 e. The molecule has 5 nitrogen and oxygen atoms in total. The first-order valence-electron chi connectivity index (χ1n) is 8.67. The summed E-state index contributed by atoms with van der Waals surface area (Å²) in [6, 6.07) is 8.12. The molecule has 3 rings (SSSR count). The van der Waals surface area contributed by atoms with Crippen molar-refractivity contribution in [3.8, 4) is 11.9 Å². The summed E-state index contributed by atoms with van der Waals surface area (Å²) in [4.78, 5) is 16.2.